The number of cyclic esters (lactones) is 1. The fourth-order valence-electron chi connectivity index (χ4n) is 2.08. The Bertz CT molecular complexity index is 855. The number of rotatable bonds is 2. The van der Waals surface area contributed by atoms with Crippen molar-refractivity contribution in [2.75, 3.05) is 0 Å². The zero-order chi connectivity index (χ0) is 17.3. The van der Waals surface area contributed by atoms with E-state index in [0.29, 0.717) is 11.1 Å². The lowest BCUT2D eigenvalue weighted by atomic mass is 10.1. The first kappa shape index (κ1) is 16.4. The predicted molar refractivity (Wildman–Crippen MR) is 86.2 cm³/mol. The molecule has 122 valence electrons. The van der Waals surface area contributed by atoms with Crippen LogP contribution in [0.2, 0.25) is 0 Å². The Morgan fingerprint density at radius 3 is 2.42 bits per heavy atom. The number of halogens is 4. The lowest BCUT2D eigenvalue weighted by molar-refractivity contribution is -0.137. The van der Waals surface area contributed by atoms with Gasteiger partial charge >= 0.3 is 12.1 Å². The molecule has 1 heterocycles. The average molecular weight is 396 g/mol. The van der Waals surface area contributed by atoms with E-state index >= 15 is 0 Å². The molecule has 2 aromatic rings. The molecule has 1 aliphatic heterocycles. The van der Waals surface area contributed by atoms with E-state index in [1.54, 1.807) is 18.2 Å². The van der Waals surface area contributed by atoms with Gasteiger partial charge in [-0.15, -0.1) is 0 Å². The number of esters is 1. The second-order valence-electron chi connectivity index (χ2n) is 4.97. The molecular formula is C17H9BrF3NO2. The maximum Gasteiger partial charge on any atom is 0.416 e. The maximum absolute atomic E-state index is 12.5. The minimum absolute atomic E-state index is 0.0322. The lowest BCUT2D eigenvalue weighted by Gasteiger charge is -2.05. The lowest BCUT2D eigenvalue weighted by Crippen LogP contribution is -2.05. The molecule has 0 saturated carbocycles. The normalized spacial score (nSPS) is 16.2. The summed E-state index contributed by atoms with van der Waals surface area (Å²) in [4.78, 5) is 16.0. The van der Waals surface area contributed by atoms with E-state index in [0.717, 1.165) is 16.6 Å². The van der Waals surface area contributed by atoms with E-state index in [4.69, 9.17) is 4.74 Å². The van der Waals surface area contributed by atoms with Gasteiger partial charge in [-0.25, -0.2) is 9.79 Å². The second-order valence-corrected chi connectivity index (χ2v) is 5.88. The van der Waals surface area contributed by atoms with Gasteiger partial charge in [0.15, 0.2) is 5.70 Å². The minimum Gasteiger partial charge on any atom is -0.402 e. The molecule has 3 nitrogen and oxygen atoms in total. The van der Waals surface area contributed by atoms with E-state index in [1.807, 2.05) is 6.07 Å². The fraction of sp³-hybridized carbons (Fsp3) is 0.0588. The number of benzene rings is 2. The van der Waals surface area contributed by atoms with E-state index in [1.165, 1.54) is 18.2 Å². The Balaban J connectivity index is 1.88. The van der Waals surface area contributed by atoms with Crippen LogP contribution in [0.15, 0.2) is 63.7 Å². The van der Waals surface area contributed by atoms with Gasteiger partial charge in [0.1, 0.15) is 0 Å². The van der Waals surface area contributed by atoms with E-state index in [2.05, 4.69) is 20.9 Å². The van der Waals surface area contributed by atoms with E-state index < -0.39 is 17.7 Å². The van der Waals surface area contributed by atoms with Gasteiger partial charge in [0.25, 0.3) is 0 Å². The number of hydrogen-bond donors (Lipinski definition) is 0. The van der Waals surface area contributed by atoms with Gasteiger partial charge in [-0.05, 0) is 42.0 Å². The van der Waals surface area contributed by atoms with Gasteiger partial charge in [-0.1, -0.05) is 34.1 Å². The van der Waals surface area contributed by atoms with Gasteiger partial charge in [0.05, 0.1) is 5.56 Å². The summed E-state index contributed by atoms with van der Waals surface area (Å²) < 4.78 is 43.5. The van der Waals surface area contributed by atoms with Crippen LogP contribution in [0.4, 0.5) is 13.2 Å². The van der Waals surface area contributed by atoms with Crippen LogP contribution >= 0.6 is 15.9 Å². The van der Waals surface area contributed by atoms with Crippen molar-refractivity contribution in [2.45, 2.75) is 6.18 Å². The summed E-state index contributed by atoms with van der Waals surface area (Å²) in [7, 11) is 0. The standard InChI is InChI=1S/C17H9BrF3NO2/c18-13-3-1-2-11(9-13)15-22-14(16(23)24-15)8-10-4-6-12(7-5-10)17(19,20)21/h1-9H/b14-8-. The van der Waals surface area contributed by atoms with Crippen molar-refractivity contribution in [3.63, 3.8) is 0 Å². The highest BCUT2D eigenvalue weighted by molar-refractivity contribution is 9.10. The number of ether oxygens (including phenoxy) is 1. The zero-order valence-electron chi connectivity index (χ0n) is 12.0. The van der Waals surface area contributed by atoms with Crippen molar-refractivity contribution < 1.29 is 22.7 Å². The molecule has 0 bridgehead atoms. The molecule has 0 fully saturated rings. The molecule has 0 unspecified atom stereocenters. The van der Waals surface area contributed by atoms with Crippen LogP contribution in [0.1, 0.15) is 16.7 Å². The van der Waals surface area contributed by atoms with Gasteiger partial charge < -0.3 is 4.74 Å². The fourth-order valence-corrected chi connectivity index (χ4v) is 2.48. The highest BCUT2D eigenvalue weighted by Crippen LogP contribution is 2.29. The molecule has 0 aliphatic carbocycles. The molecule has 0 N–H and O–H groups in total. The first-order chi connectivity index (χ1) is 11.3. The number of nitrogens with zero attached hydrogens (tertiary/aromatic N) is 1. The summed E-state index contributed by atoms with van der Waals surface area (Å²) in [6.07, 6.45) is -3.02. The van der Waals surface area contributed by atoms with Gasteiger partial charge in [-0.2, -0.15) is 13.2 Å². The summed E-state index contributed by atoms with van der Waals surface area (Å²) in [5.74, 6) is -0.496. The van der Waals surface area contributed by atoms with Crippen molar-refractivity contribution in [3.8, 4) is 0 Å². The number of carbonyl (C=O) groups is 1. The molecule has 0 saturated heterocycles. The summed E-state index contributed by atoms with van der Waals surface area (Å²) in [6, 6.07) is 11.5. The second kappa shape index (κ2) is 6.24. The Kier molecular flexibility index (Phi) is 4.28. The quantitative estimate of drug-likeness (QED) is 0.540. The maximum atomic E-state index is 12.5. The number of hydrogen-bond acceptors (Lipinski definition) is 3. The topological polar surface area (TPSA) is 38.7 Å². The Morgan fingerprint density at radius 1 is 1.08 bits per heavy atom. The molecule has 3 rings (SSSR count). The molecule has 1 aliphatic rings. The largest absolute Gasteiger partial charge is 0.416 e. The van der Waals surface area contributed by atoms with Crippen LogP contribution in [0.3, 0.4) is 0 Å². The van der Waals surface area contributed by atoms with Crippen molar-refractivity contribution in [3.05, 3.63) is 75.4 Å². The third-order valence-electron chi connectivity index (χ3n) is 3.23. The van der Waals surface area contributed by atoms with Crippen molar-refractivity contribution in [2.24, 2.45) is 4.99 Å². The summed E-state index contributed by atoms with van der Waals surface area (Å²) >= 11 is 3.31. The first-order valence-electron chi connectivity index (χ1n) is 6.79. The van der Waals surface area contributed by atoms with Crippen LogP contribution in [0.5, 0.6) is 0 Å². The molecular weight excluding hydrogens is 387 g/mol. The van der Waals surface area contributed by atoms with Crippen LogP contribution in [-0.2, 0) is 15.7 Å². The van der Waals surface area contributed by atoms with Gasteiger partial charge in [0, 0.05) is 10.0 Å². The van der Waals surface area contributed by atoms with Crippen molar-refractivity contribution in [1.82, 2.24) is 0 Å². The van der Waals surface area contributed by atoms with Crippen LogP contribution in [0.25, 0.3) is 6.08 Å². The Labute approximate surface area is 143 Å². The highest BCUT2D eigenvalue weighted by atomic mass is 79.9. The highest BCUT2D eigenvalue weighted by Gasteiger charge is 2.30. The van der Waals surface area contributed by atoms with Crippen molar-refractivity contribution >= 4 is 33.9 Å². The smallest absolute Gasteiger partial charge is 0.402 e. The molecule has 0 atom stereocenters. The van der Waals surface area contributed by atoms with Gasteiger partial charge in [0.2, 0.25) is 5.90 Å². The summed E-state index contributed by atoms with van der Waals surface area (Å²) in [6.45, 7) is 0. The number of aliphatic imine (C=N–C) groups is 1. The third-order valence-corrected chi connectivity index (χ3v) is 3.73. The summed E-state index contributed by atoms with van der Waals surface area (Å²) in [5, 5.41) is 0. The molecule has 0 spiro atoms. The number of carbonyl (C=O) groups excluding carboxylic acids is 1. The number of alkyl halides is 3. The molecule has 0 radical (unpaired) electrons. The zero-order valence-corrected chi connectivity index (χ0v) is 13.6. The molecule has 24 heavy (non-hydrogen) atoms. The predicted octanol–water partition coefficient (Wildman–Crippen LogP) is 4.81. The Morgan fingerprint density at radius 2 is 1.79 bits per heavy atom. The van der Waals surface area contributed by atoms with Crippen LogP contribution < -0.4 is 0 Å². The molecule has 0 aromatic heterocycles. The SMILES string of the molecule is O=C1OC(c2cccc(Br)c2)=N/C1=C\c1ccc(C(F)(F)F)cc1. The monoisotopic (exact) mass is 395 g/mol. The van der Waals surface area contributed by atoms with Crippen LogP contribution in [-0.4, -0.2) is 11.9 Å². The average Bonchev–Trinajstić information content (AvgIpc) is 2.88. The minimum atomic E-state index is -4.40. The van der Waals surface area contributed by atoms with Crippen LogP contribution in [0, 0.1) is 0 Å². The molecule has 2 aromatic carbocycles. The van der Waals surface area contributed by atoms with E-state index in [-0.39, 0.29) is 11.6 Å². The van der Waals surface area contributed by atoms with E-state index in [9.17, 15) is 18.0 Å². The molecule has 0 amide bonds. The van der Waals surface area contributed by atoms with Gasteiger partial charge in [-0.3, -0.25) is 0 Å². The summed E-state index contributed by atoms with van der Waals surface area (Å²) in [5.41, 5.74) is 0.324. The molecule has 7 heteroatoms. The first-order valence-corrected chi connectivity index (χ1v) is 7.58. The Hall–Kier alpha value is -2.41. The third kappa shape index (κ3) is 3.56. The van der Waals surface area contributed by atoms with Crippen molar-refractivity contribution in [1.29, 1.82) is 0 Å².